The molecule has 0 aliphatic heterocycles. The van der Waals surface area contributed by atoms with E-state index >= 15 is 0 Å². The third kappa shape index (κ3) is 4.99. The number of hydrogen-bond acceptors (Lipinski definition) is 5. The highest BCUT2D eigenvalue weighted by Gasteiger charge is 2.34. The van der Waals surface area contributed by atoms with Crippen molar-refractivity contribution in [2.24, 2.45) is 5.73 Å². The van der Waals surface area contributed by atoms with Crippen LogP contribution in [-0.2, 0) is 19.1 Å². The number of nitrogens with two attached hydrogens (primary N) is 1. The zero-order chi connectivity index (χ0) is 13.5. The van der Waals surface area contributed by atoms with E-state index < -0.39 is 17.5 Å². The van der Waals surface area contributed by atoms with E-state index in [1.807, 2.05) is 13.8 Å². The lowest BCUT2D eigenvalue weighted by atomic mass is 9.93. The Hall–Kier alpha value is -1.36. The second kappa shape index (κ2) is 7.06. The van der Waals surface area contributed by atoms with E-state index in [1.54, 1.807) is 6.92 Å². The van der Waals surface area contributed by atoms with Gasteiger partial charge in [-0.05, 0) is 19.8 Å². The fraction of sp³-hybridized carbons (Fsp3) is 0.667. The van der Waals surface area contributed by atoms with Crippen molar-refractivity contribution in [1.82, 2.24) is 0 Å². The van der Waals surface area contributed by atoms with Gasteiger partial charge in [0.15, 0.2) is 0 Å². The van der Waals surface area contributed by atoms with Gasteiger partial charge in [0, 0.05) is 5.57 Å². The Morgan fingerprint density at radius 1 is 1.29 bits per heavy atom. The second-order valence-electron chi connectivity index (χ2n) is 3.92. The molecule has 0 aliphatic carbocycles. The van der Waals surface area contributed by atoms with Crippen LogP contribution in [0.2, 0.25) is 0 Å². The highest BCUT2D eigenvalue weighted by molar-refractivity contribution is 5.87. The molecule has 0 fully saturated rings. The molecule has 0 saturated carbocycles. The summed E-state index contributed by atoms with van der Waals surface area (Å²) in [6.07, 6.45) is 1.07. The van der Waals surface area contributed by atoms with Crippen molar-refractivity contribution >= 4 is 11.9 Å². The summed E-state index contributed by atoms with van der Waals surface area (Å²) in [5.74, 6) is -0.958. The summed E-state index contributed by atoms with van der Waals surface area (Å²) in [6, 6.07) is 0. The van der Waals surface area contributed by atoms with Gasteiger partial charge in [0.05, 0.1) is 6.42 Å². The molecule has 0 saturated heterocycles. The Balaban J connectivity index is 4.71. The molecule has 17 heavy (non-hydrogen) atoms. The summed E-state index contributed by atoms with van der Waals surface area (Å²) < 4.78 is 10.0. The molecule has 0 spiro atoms. The fourth-order valence-corrected chi connectivity index (χ4v) is 1.37. The maximum Gasteiger partial charge on any atom is 0.333 e. The highest BCUT2D eigenvalue weighted by atomic mass is 16.6. The van der Waals surface area contributed by atoms with Crippen molar-refractivity contribution in [3.8, 4) is 0 Å². The van der Waals surface area contributed by atoms with E-state index in [2.05, 4.69) is 11.3 Å². The van der Waals surface area contributed by atoms with Gasteiger partial charge in [-0.15, -0.1) is 0 Å². The predicted molar refractivity (Wildman–Crippen MR) is 64.0 cm³/mol. The van der Waals surface area contributed by atoms with Gasteiger partial charge in [-0.25, -0.2) is 4.79 Å². The van der Waals surface area contributed by atoms with E-state index in [1.165, 1.54) is 0 Å². The van der Waals surface area contributed by atoms with Crippen LogP contribution in [0.5, 0.6) is 0 Å². The summed E-state index contributed by atoms with van der Waals surface area (Å²) in [5, 5.41) is 0. The number of hydrogen-bond donors (Lipinski definition) is 1. The van der Waals surface area contributed by atoms with Crippen molar-refractivity contribution in [1.29, 1.82) is 0 Å². The van der Waals surface area contributed by atoms with Crippen molar-refractivity contribution in [2.45, 2.75) is 45.6 Å². The smallest absolute Gasteiger partial charge is 0.333 e. The molecular weight excluding hydrogens is 222 g/mol. The van der Waals surface area contributed by atoms with Gasteiger partial charge in [0.1, 0.15) is 12.3 Å². The largest absolute Gasteiger partial charge is 0.455 e. The molecule has 0 bridgehead atoms. The van der Waals surface area contributed by atoms with E-state index in [4.69, 9.17) is 10.5 Å². The van der Waals surface area contributed by atoms with Gasteiger partial charge in [0.2, 0.25) is 0 Å². The zero-order valence-corrected chi connectivity index (χ0v) is 10.7. The lowest BCUT2D eigenvalue weighted by Gasteiger charge is -2.30. The lowest BCUT2D eigenvalue weighted by molar-refractivity contribution is -0.164. The second-order valence-corrected chi connectivity index (χ2v) is 3.92. The first kappa shape index (κ1) is 15.6. The summed E-state index contributed by atoms with van der Waals surface area (Å²) in [5.41, 5.74) is 4.59. The van der Waals surface area contributed by atoms with Gasteiger partial charge in [-0.3, -0.25) is 10.5 Å². The Labute approximate surface area is 102 Å². The van der Waals surface area contributed by atoms with Crippen LogP contribution in [0.15, 0.2) is 12.2 Å². The van der Waals surface area contributed by atoms with Crippen LogP contribution in [0, 0.1) is 0 Å². The first-order chi connectivity index (χ1) is 7.90. The molecular formula is C12H21NO4. The average Bonchev–Trinajstić information content (AvgIpc) is 2.28. The molecule has 5 nitrogen and oxygen atoms in total. The Kier molecular flexibility index (Phi) is 6.50. The molecule has 0 aliphatic rings. The van der Waals surface area contributed by atoms with Crippen LogP contribution < -0.4 is 5.73 Å². The summed E-state index contributed by atoms with van der Waals surface area (Å²) in [6.45, 7) is 8.61. The Morgan fingerprint density at radius 2 is 1.82 bits per heavy atom. The first-order valence-electron chi connectivity index (χ1n) is 5.65. The number of carbonyl (C=O) groups is 2. The van der Waals surface area contributed by atoms with Crippen molar-refractivity contribution in [3.05, 3.63) is 12.2 Å². The number of rotatable bonds is 7. The van der Waals surface area contributed by atoms with Crippen LogP contribution in [0.4, 0.5) is 0 Å². The molecule has 0 amide bonds. The van der Waals surface area contributed by atoms with Crippen molar-refractivity contribution in [2.75, 3.05) is 6.73 Å². The van der Waals surface area contributed by atoms with E-state index in [9.17, 15) is 9.59 Å². The van der Waals surface area contributed by atoms with Crippen molar-refractivity contribution in [3.63, 3.8) is 0 Å². The van der Waals surface area contributed by atoms with E-state index in [0.717, 1.165) is 0 Å². The molecule has 0 radical (unpaired) electrons. The molecule has 2 N–H and O–H groups in total. The number of ether oxygens (including phenoxy) is 2. The molecule has 98 valence electrons. The van der Waals surface area contributed by atoms with Crippen molar-refractivity contribution < 1.29 is 19.1 Å². The lowest BCUT2D eigenvalue weighted by Crippen LogP contribution is -2.37. The number of carbonyl (C=O) groups excluding carboxylic acids is 2. The van der Waals surface area contributed by atoms with E-state index in [0.29, 0.717) is 18.4 Å². The van der Waals surface area contributed by atoms with Crippen LogP contribution in [-0.4, -0.2) is 24.3 Å². The van der Waals surface area contributed by atoms with Gasteiger partial charge in [-0.1, -0.05) is 20.4 Å². The third-order valence-electron chi connectivity index (χ3n) is 2.66. The zero-order valence-electron chi connectivity index (χ0n) is 10.7. The first-order valence-corrected chi connectivity index (χ1v) is 5.65. The minimum Gasteiger partial charge on any atom is -0.455 e. The van der Waals surface area contributed by atoms with Gasteiger partial charge >= 0.3 is 11.9 Å². The quantitative estimate of drug-likeness (QED) is 0.416. The normalized spacial score (nSPS) is 10.8. The van der Waals surface area contributed by atoms with Crippen LogP contribution >= 0.6 is 0 Å². The summed E-state index contributed by atoms with van der Waals surface area (Å²) in [4.78, 5) is 22.9. The monoisotopic (exact) mass is 243 g/mol. The fourth-order valence-electron chi connectivity index (χ4n) is 1.37. The minimum atomic E-state index is -0.831. The molecule has 0 aromatic rings. The van der Waals surface area contributed by atoms with Gasteiger partial charge < -0.3 is 9.47 Å². The average molecular weight is 243 g/mol. The predicted octanol–water partition coefficient (Wildman–Crippen LogP) is 1.51. The molecule has 0 heterocycles. The topological polar surface area (TPSA) is 78.6 Å². The number of esters is 2. The van der Waals surface area contributed by atoms with Crippen LogP contribution in [0.1, 0.15) is 40.0 Å². The Morgan fingerprint density at radius 3 is 2.18 bits per heavy atom. The van der Waals surface area contributed by atoms with Crippen LogP contribution in [0.3, 0.4) is 0 Å². The molecule has 0 unspecified atom stereocenters. The standard InChI is InChI=1S/C12H21NO4/c1-5-12(6-2,7-10(14)16-8-13)17-11(15)9(3)4/h3,5-8,13H2,1-2,4H3. The van der Waals surface area contributed by atoms with Crippen LogP contribution in [0.25, 0.3) is 0 Å². The van der Waals surface area contributed by atoms with E-state index in [-0.39, 0.29) is 13.2 Å². The summed E-state index contributed by atoms with van der Waals surface area (Å²) >= 11 is 0. The molecule has 0 aromatic carbocycles. The van der Waals surface area contributed by atoms with Gasteiger partial charge in [-0.2, -0.15) is 0 Å². The SMILES string of the molecule is C=C(C)C(=O)OC(CC)(CC)CC(=O)OCN. The summed E-state index contributed by atoms with van der Waals surface area (Å²) in [7, 11) is 0. The Bertz CT molecular complexity index is 295. The highest BCUT2D eigenvalue weighted by Crippen LogP contribution is 2.26. The van der Waals surface area contributed by atoms with Gasteiger partial charge in [0.25, 0.3) is 0 Å². The molecule has 0 rings (SSSR count). The minimum absolute atomic E-state index is 0.0101. The molecule has 5 heteroatoms. The maximum absolute atomic E-state index is 11.5. The molecule has 0 atom stereocenters. The maximum atomic E-state index is 11.5. The molecule has 0 aromatic heterocycles. The third-order valence-corrected chi connectivity index (χ3v) is 2.66.